The molecule has 1 aromatic heterocycles. The lowest BCUT2D eigenvalue weighted by atomic mass is 10.0. The Labute approximate surface area is 132 Å². The van der Waals surface area contributed by atoms with E-state index in [1.165, 1.54) is 5.56 Å². The summed E-state index contributed by atoms with van der Waals surface area (Å²) in [4.78, 5) is 12.5. The van der Waals surface area contributed by atoms with Crippen molar-refractivity contribution in [2.45, 2.75) is 45.4 Å². The van der Waals surface area contributed by atoms with Crippen LogP contribution in [0.4, 0.5) is 0 Å². The average Bonchev–Trinajstić information content (AvgIpc) is 2.49. The maximum atomic E-state index is 12.5. The predicted molar refractivity (Wildman–Crippen MR) is 93.2 cm³/mol. The summed E-state index contributed by atoms with van der Waals surface area (Å²) >= 11 is 4.24. The summed E-state index contributed by atoms with van der Waals surface area (Å²) in [6, 6.07) is 12.4. The maximum Gasteiger partial charge on any atom is 0.255 e. The molecule has 0 spiro atoms. The summed E-state index contributed by atoms with van der Waals surface area (Å²) in [5.74, 6) is 0.998. The third-order valence-corrected chi connectivity index (χ3v) is 4.08. The van der Waals surface area contributed by atoms with E-state index in [0.717, 1.165) is 29.8 Å². The van der Waals surface area contributed by atoms with Crippen LogP contribution in [0.3, 0.4) is 0 Å². The molecule has 0 aliphatic heterocycles. The van der Waals surface area contributed by atoms with Crippen LogP contribution >= 0.6 is 12.6 Å². The second-order valence-corrected chi connectivity index (χ2v) is 5.95. The highest BCUT2D eigenvalue weighted by Gasteiger charge is 2.09. The molecule has 1 aromatic carbocycles. The minimum atomic E-state index is 0.0808. The Morgan fingerprint density at radius 1 is 1.10 bits per heavy atom. The Balaban J connectivity index is 2.52. The molecule has 0 fully saturated rings. The molecule has 3 heteroatoms. The van der Waals surface area contributed by atoms with Gasteiger partial charge in [0.15, 0.2) is 0 Å². The van der Waals surface area contributed by atoms with Gasteiger partial charge in [0.1, 0.15) is 0 Å². The van der Waals surface area contributed by atoms with Crippen molar-refractivity contribution in [3.63, 3.8) is 0 Å². The topological polar surface area (TPSA) is 22.0 Å². The Bertz CT molecular complexity index is 656. The SMILES string of the molecule is CCCn1c(-c2ccc(C(C)C)cc2)ccc(CS)c1=O. The molecular formula is C18H23NOS. The van der Waals surface area contributed by atoms with Gasteiger partial charge in [-0.05, 0) is 29.5 Å². The van der Waals surface area contributed by atoms with E-state index in [0.29, 0.717) is 11.7 Å². The van der Waals surface area contributed by atoms with Gasteiger partial charge in [0.25, 0.3) is 5.56 Å². The molecule has 0 atom stereocenters. The van der Waals surface area contributed by atoms with Gasteiger partial charge in [-0.3, -0.25) is 4.79 Å². The van der Waals surface area contributed by atoms with Gasteiger partial charge in [-0.1, -0.05) is 51.1 Å². The van der Waals surface area contributed by atoms with Crippen LogP contribution in [0.2, 0.25) is 0 Å². The van der Waals surface area contributed by atoms with E-state index in [4.69, 9.17) is 0 Å². The Morgan fingerprint density at radius 3 is 2.29 bits per heavy atom. The van der Waals surface area contributed by atoms with Gasteiger partial charge in [-0.25, -0.2) is 0 Å². The van der Waals surface area contributed by atoms with Gasteiger partial charge >= 0.3 is 0 Å². The molecule has 21 heavy (non-hydrogen) atoms. The van der Waals surface area contributed by atoms with E-state index < -0.39 is 0 Å². The molecule has 112 valence electrons. The van der Waals surface area contributed by atoms with E-state index in [1.54, 1.807) is 0 Å². The Hall–Kier alpha value is -1.48. The fourth-order valence-corrected chi connectivity index (χ4v) is 2.72. The standard InChI is InChI=1S/C18H23NOS/c1-4-11-19-17(10-9-16(12-21)18(19)20)15-7-5-14(6-8-15)13(2)3/h5-10,13,21H,4,11-12H2,1-3H3. The first kappa shape index (κ1) is 15.9. The summed E-state index contributed by atoms with van der Waals surface area (Å²) < 4.78 is 1.87. The molecule has 0 N–H and O–H groups in total. The smallest absolute Gasteiger partial charge is 0.255 e. The van der Waals surface area contributed by atoms with Crippen molar-refractivity contribution in [3.05, 3.63) is 57.9 Å². The number of hydrogen-bond donors (Lipinski definition) is 1. The number of pyridine rings is 1. The van der Waals surface area contributed by atoms with E-state index >= 15 is 0 Å². The lowest BCUT2D eigenvalue weighted by molar-refractivity contribution is 0.657. The number of rotatable bonds is 5. The minimum absolute atomic E-state index is 0.0808. The third-order valence-electron chi connectivity index (χ3n) is 3.74. The van der Waals surface area contributed by atoms with E-state index in [-0.39, 0.29) is 5.56 Å². The van der Waals surface area contributed by atoms with Crippen molar-refractivity contribution in [3.8, 4) is 11.3 Å². The quantitative estimate of drug-likeness (QED) is 0.808. The highest BCUT2D eigenvalue weighted by Crippen LogP contribution is 2.22. The second kappa shape index (κ2) is 6.99. The van der Waals surface area contributed by atoms with Crippen LogP contribution in [0, 0.1) is 0 Å². The first-order chi connectivity index (χ1) is 10.1. The van der Waals surface area contributed by atoms with Crippen LogP contribution in [0.15, 0.2) is 41.2 Å². The van der Waals surface area contributed by atoms with Crippen molar-refractivity contribution in [1.29, 1.82) is 0 Å². The molecule has 0 saturated carbocycles. The van der Waals surface area contributed by atoms with Gasteiger partial charge in [0.05, 0.1) is 5.69 Å². The first-order valence-electron chi connectivity index (χ1n) is 7.52. The molecule has 2 nitrogen and oxygen atoms in total. The second-order valence-electron chi connectivity index (χ2n) is 5.64. The molecule has 1 heterocycles. The van der Waals surface area contributed by atoms with Crippen molar-refractivity contribution in [2.24, 2.45) is 0 Å². The number of aromatic nitrogens is 1. The van der Waals surface area contributed by atoms with Gasteiger partial charge in [-0.2, -0.15) is 12.6 Å². The number of hydrogen-bond acceptors (Lipinski definition) is 2. The van der Waals surface area contributed by atoms with Crippen LogP contribution in [0.1, 0.15) is 44.2 Å². The zero-order valence-electron chi connectivity index (χ0n) is 13.0. The molecule has 2 rings (SSSR count). The summed E-state index contributed by atoms with van der Waals surface area (Å²) in [7, 11) is 0. The number of thiol groups is 1. The molecule has 0 aliphatic rings. The highest BCUT2D eigenvalue weighted by atomic mass is 32.1. The monoisotopic (exact) mass is 301 g/mol. The number of benzene rings is 1. The zero-order chi connectivity index (χ0) is 15.4. The molecular weight excluding hydrogens is 278 g/mol. The Kier molecular flexibility index (Phi) is 5.29. The molecule has 0 aliphatic carbocycles. The molecule has 0 unspecified atom stereocenters. The van der Waals surface area contributed by atoms with Crippen molar-refractivity contribution in [1.82, 2.24) is 4.57 Å². The fourth-order valence-electron chi connectivity index (χ4n) is 2.48. The normalized spacial score (nSPS) is 11.1. The van der Waals surface area contributed by atoms with Crippen LogP contribution < -0.4 is 5.56 Å². The van der Waals surface area contributed by atoms with Gasteiger partial charge in [-0.15, -0.1) is 0 Å². The third kappa shape index (κ3) is 3.41. The zero-order valence-corrected chi connectivity index (χ0v) is 13.9. The average molecular weight is 301 g/mol. The highest BCUT2D eigenvalue weighted by molar-refractivity contribution is 7.79. The van der Waals surface area contributed by atoms with Crippen LogP contribution in [0.5, 0.6) is 0 Å². The van der Waals surface area contributed by atoms with Crippen LogP contribution in [-0.4, -0.2) is 4.57 Å². The van der Waals surface area contributed by atoms with E-state index in [9.17, 15) is 4.79 Å². The summed E-state index contributed by atoms with van der Waals surface area (Å²) in [5, 5.41) is 0. The molecule has 0 saturated heterocycles. The lowest BCUT2D eigenvalue weighted by Gasteiger charge is -2.14. The van der Waals surface area contributed by atoms with E-state index in [1.807, 2.05) is 16.7 Å². The summed E-state index contributed by atoms with van der Waals surface area (Å²) in [5.41, 5.74) is 4.24. The van der Waals surface area contributed by atoms with Crippen LogP contribution in [0.25, 0.3) is 11.3 Å². The maximum absolute atomic E-state index is 12.5. The minimum Gasteiger partial charge on any atom is -0.308 e. The Morgan fingerprint density at radius 2 is 1.76 bits per heavy atom. The van der Waals surface area contributed by atoms with Crippen molar-refractivity contribution < 1.29 is 0 Å². The summed E-state index contributed by atoms with van der Waals surface area (Å²) in [6.45, 7) is 7.19. The molecule has 0 bridgehead atoms. The summed E-state index contributed by atoms with van der Waals surface area (Å²) in [6.07, 6.45) is 0.938. The fraction of sp³-hybridized carbons (Fsp3) is 0.389. The lowest BCUT2D eigenvalue weighted by Crippen LogP contribution is -2.24. The first-order valence-corrected chi connectivity index (χ1v) is 8.15. The molecule has 2 aromatic rings. The van der Waals surface area contributed by atoms with E-state index in [2.05, 4.69) is 57.7 Å². The van der Waals surface area contributed by atoms with Crippen LogP contribution in [-0.2, 0) is 12.3 Å². The van der Waals surface area contributed by atoms with Gasteiger partial charge < -0.3 is 4.57 Å². The predicted octanol–water partition coefficient (Wildman–Crippen LogP) is 4.48. The van der Waals surface area contributed by atoms with Crippen molar-refractivity contribution in [2.75, 3.05) is 0 Å². The number of nitrogens with zero attached hydrogens (tertiary/aromatic N) is 1. The van der Waals surface area contributed by atoms with Gasteiger partial charge in [0, 0.05) is 17.9 Å². The largest absolute Gasteiger partial charge is 0.308 e. The molecule has 0 radical (unpaired) electrons. The molecule has 0 amide bonds. The van der Waals surface area contributed by atoms with Crippen molar-refractivity contribution >= 4 is 12.6 Å². The van der Waals surface area contributed by atoms with Gasteiger partial charge in [0.2, 0.25) is 0 Å².